The Hall–Kier alpha value is -0.790. The van der Waals surface area contributed by atoms with Gasteiger partial charge in [-0.1, -0.05) is 20.8 Å². The van der Waals surface area contributed by atoms with Gasteiger partial charge in [0.05, 0.1) is 0 Å². The molecule has 0 aromatic heterocycles. The van der Waals surface area contributed by atoms with Gasteiger partial charge in [0.15, 0.2) is 5.78 Å². The standard InChI is InChI=1S/C12H19NO/c1-11(2)8-5-6-12(11,3)10(14)7-9(8)13-4/h7-8,13H,5-6H2,1-4H3/t8-,12-/m0/s1. The van der Waals surface area contributed by atoms with Gasteiger partial charge in [-0.2, -0.15) is 0 Å². The van der Waals surface area contributed by atoms with Crippen LogP contribution in [0.25, 0.3) is 0 Å². The number of carbonyl (C=O) groups is 1. The van der Waals surface area contributed by atoms with E-state index in [2.05, 4.69) is 26.1 Å². The summed E-state index contributed by atoms with van der Waals surface area (Å²) in [6, 6.07) is 0. The molecule has 2 aliphatic rings. The summed E-state index contributed by atoms with van der Waals surface area (Å²) in [5.41, 5.74) is 1.12. The molecule has 0 radical (unpaired) electrons. The van der Waals surface area contributed by atoms with Crippen molar-refractivity contribution in [1.29, 1.82) is 0 Å². The van der Waals surface area contributed by atoms with Gasteiger partial charge < -0.3 is 5.32 Å². The van der Waals surface area contributed by atoms with E-state index >= 15 is 0 Å². The van der Waals surface area contributed by atoms with Crippen LogP contribution < -0.4 is 5.32 Å². The zero-order valence-electron chi connectivity index (χ0n) is 9.48. The number of rotatable bonds is 1. The van der Waals surface area contributed by atoms with Crippen molar-refractivity contribution in [2.45, 2.75) is 33.6 Å². The third-order valence-electron chi connectivity index (χ3n) is 4.72. The normalized spacial score (nSPS) is 39.6. The quantitative estimate of drug-likeness (QED) is 0.691. The number of carbonyl (C=O) groups excluding carboxylic acids is 1. The van der Waals surface area contributed by atoms with E-state index in [1.54, 1.807) is 0 Å². The summed E-state index contributed by atoms with van der Waals surface area (Å²) in [6.45, 7) is 6.58. The first-order valence-corrected chi connectivity index (χ1v) is 5.37. The third kappa shape index (κ3) is 0.891. The number of fused-ring (bicyclic) bond motifs is 2. The van der Waals surface area contributed by atoms with E-state index in [0.29, 0.717) is 11.7 Å². The highest BCUT2D eigenvalue weighted by Crippen LogP contribution is 2.60. The molecule has 2 bridgehead atoms. The Balaban J connectivity index is 2.53. The Morgan fingerprint density at radius 3 is 2.64 bits per heavy atom. The van der Waals surface area contributed by atoms with Crippen LogP contribution in [-0.4, -0.2) is 12.8 Å². The van der Waals surface area contributed by atoms with Gasteiger partial charge in [0.1, 0.15) is 0 Å². The molecule has 2 aliphatic carbocycles. The van der Waals surface area contributed by atoms with Gasteiger partial charge in [-0.25, -0.2) is 0 Å². The van der Waals surface area contributed by atoms with Crippen molar-refractivity contribution in [1.82, 2.24) is 5.32 Å². The van der Waals surface area contributed by atoms with E-state index in [1.165, 1.54) is 0 Å². The van der Waals surface area contributed by atoms with Crippen LogP contribution in [0.5, 0.6) is 0 Å². The molecule has 1 N–H and O–H groups in total. The van der Waals surface area contributed by atoms with Crippen molar-refractivity contribution in [2.24, 2.45) is 16.7 Å². The summed E-state index contributed by atoms with van der Waals surface area (Å²) in [4.78, 5) is 12.0. The highest BCUT2D eigenvalue weighted by molar-refractivity contribution is 5.97. The maximum Gasteiger partial charge on any atom is 0.163 e. The second-order valence-corrected chi connectivity index (χ2v) is 5.36. The molecule has 78 valence electrons. The van der Waals surface area contributed by atoms with Crippen LogP contribution in [0.3, 0.4) is 0 Å². The van der Waals surface area contributed by atoms with Gasteiger partial charge in [-0.05, 0) is 18.3 Å². The lowest BCUT2D eigenvalue weighted by molar-refractivity contribution is -0.129. The molecule has 2 rings (SSSR count). The van der Waals surface area contributed by atoms with E-state index in [4.69, 9.17) is 0 Å². The second kappa shape index (κ2) is 2.62. The number of hydrogen-bond donors (Lipinski definition) is 1. The molecule has 0 aromatic rings. The van der Waals surface area contributed by atoms with Crippen molar-refractivity contribution >= 4 is 5.78 Å². The highest BCUT2D eigenvalue weighted by Gasteiger charge is 2.58. The van der Waals surface area contributed by atoms with Crippen molar-refractivity contribution in [3.05, 3.63) is 11.8 Å². The van der Waals surface area contributed by atoms with E-state index in [9.17, 15) is 4.79 Å². The summed E-state index contributed by atoms with van der Waals surface area (Å²) >= 11 is 0. The van der Waals surface area contributed by atoms with Crippen LogP contribution in [0.1, 0.15) is 33.6 Å². The fourth-order valence-corrected chi connectivity index (χ4v) is 3.13. The van der Waals surface area contributed by atoms with Crippen LogP contribution >= 0.6 is 0 Å². The Kier molecular flexibility index (Phi) is 1.82. The lowest BCUT2D eigenvalue weighted by atomic mass is 9.60. The number of allylic oxidation sites excluding steroid dienone is 2. The lowest BCUT2D eigenvalue weighted by Gasteiger charge is -2.44. The average Bonchev–Trinajstić information content (AvgIpc) is 2.29. The maximum absolute atomic E-state index is 12.0. The SMILES string of the molecule is CNC1=CC(=O)[C@]2(C)CC[C@@H]1C2(C)C. The predicted molar refractivity (Wildman–Crippen MR) is 56.8 cm³/mol. The van der Waals surface area contributed by atoms with Gasteiger partial charge in [0, 0.05) is 30.2 Å². The largest absolute Gasteiger partial charge is 0.391 e. The molecule has 0 aromatic carbocycles. The van der Waals surface area contributed by atoms with E-state index in [-0.39, 0.29) is 10.8 Å². The van der Waals surface area contributed by atoms with Crippen molar-refractivity contribution < 1.29 is 4.79 Å². The Morgan fingerprint density at radius 2 is 2.07 bits per heavy atom. The molecule has 2 atom stereocenters. The lowest BCUT2D eigenvalue weighted by Crippen LogP contribution is -2.45. The summed E-state index contributed by atoms with van der Waals surface area (Å²) in [7, 11) is 1.91. The molecule has 0 saturated heterocycles. The van der Waals surface area contributed by atoms with Gasteiger partial charge in [0.25, 0.3) is 0 Å². The summed E-state index contributed by atoms with van der Waals surface area (Å²) in [5, 5.41) is 3.18. The van der Waals surface area contributed by atoms with Crippen LogP contribution in [0.4, 0.5) is 0 Å². The van der Waals surface area contributed by atoms with Crippen LogP contribution in [-0.2, 0) is 4.79 Å². The van der Waals surface area contributed by atoms with Crippen molar-refractivity contribution in [3.63, 3.8) is 0 Å². The molecule has 0 amide bonds. The molecule has 2 heteroatoms. The Morgan fingerprint density at radius 1 is 1.43 bits per heavy atom. The molecule has 0 heterocycles. The van der Waals surface area contributed by atoms with Crippen molar-refractivity contribution in [3.8, 4) is 0 Å². The first-order valence-electron chi connectivity index (χ1n) is 5.37. The van der Waals surface area contributed by atoms with Gasteiger partial charge in [-0.3, -0.25) is 4.79 Å². The fourth-order valence-electron chi connectivity index (χ4n) is 3.13. The van der Waals surface area contributed by atoms with Crippen LogP contribution in [0, 0.1) is 16.7 Å². The molecule has 0 unspecified atom stereocenters. The average molecular weight is 193 g/mol. The van der Waals surface area contributed by atoms with Crippen LogP contribution in [0.15, 0.2) is 11.8 Å². The smallest absolute Gasteiger partial charge is 0.163 e. The topological polar surface area (TPSA) is 29.1 Å². The molecule has 0 aliphatic heterocycles. The second-order valence-electron chi connectivity index (χ2n) is 5.36. The fraction of sp³-hybridized carbons (Fsp3) is 0.750. The molecule has 14 heavy (non-hydrogen) atoms. The summed E-state index contributed by atoms with van der Waals surface area (Å²) in [5.74, 6) is 0.843. The number of hydrogen-bond acceptors (Lipinski definition) is 2. The van der Waals surface area contributed by atoms with Crippen molar-refractivity contribution in [2.75, 3.05) is 7.05 Å². The minimum absolute atomic E-state index is 0.108. The monoisotopic (exact) mass is 193 g/mol. The third-order valence-corrected chi connectivity index (χ3v) is 4.72. The van der Waals surface area contributed by atoms with Gasteiger partial charge in [-0.15, -0.1) is 0 Å². The predicted octanol–water partition coefficient (Wildman–Crippen LogP) is 2.11. The highest BCUT2D eigenvalue weighted by atomic mass is 16.1. The Labute approximate surface area is 85.8 Å². The molecular formula is C12H19NO. The first-order chi connectivity index (χ1) is 6.43. The molecule has 1 fully saturated rings. The number of nitrogens with one attached hydrogen (secondary N) is 1. The minimum Gasteiger partial charge on any atom is -0.391 e. The maximum atomic E-state index is 12.0. The Bertz CT molecular complexity index is 316. The first kappa shape index (κ1) is 9.75. The van der Waals surface area contributed by atoms with Gasteiger partial charge in [0.2, 0.25) is 0 Å². The number of ketones is 1. The zero-order valence-corrected chi connectivity index (χ0v) is 9.48. The summed E-state index contributed by atoms with van der Waals surface area (Å²) < 4.78 is 0. The van der Waals surface area contributed by atoms with E-state index in [1.807, 2.05) is 13.1 Å². The summed E-state index contributed by atoms with van der Waals surface area (Å²) in [6.07, 6.45) is 4.00. The van der Waals surface area contributed by atoms with E-state index < -0.39 is 0 Å². The molecule has 1 saturated carbocycles. The minimum atomic E-state index is -0.127. The van der Waals surface area contributed by atoms with Crippen LogP contribution in [0.2, 0.25) is 0 Å². The van der Waals surface area contributed by atoms with Gasteiger partial charge >= 0.3 is 0 Å². The molecular weight excluding hydrogens is 174 g/mol. The molecule has 0 spiro atoms. The molecule has 2 nitrogen and oxygen atoms in total. The zero-order chi connectivity index (χ0) is 10.6. The van der Waals surface area contributed by atoms with E-state index in [0.717, 1.165) is 18.5 Å².